The van der Waals surface area contributed by atoms with Crippen LogP contribution in [0, 0.1) is 0 Å². The van der Waals surface area contributed by atoms with Crippen molar-refractivity contribution >= 4 is 23.1 Å². The van der Waals surface area contributed by atoms with E-state index in [1.807, 2.05) is 6.20 Å². The van der Waals surface area contributed by atoms with E-state index < -0.39 is 0 Å². The first kappa shape index (κ1) is 9.45. The summed E-state index contributed by atoms with van der Waals surface area (Å²) < 4.78 is 10.7. The van der Waals surface area contributed by atoms with E-state index in [1.165, 1.54) is 0 Å². The van der Waals surface area contributed by atoms with Gasteiger partial charge in [0.05, 0.1) is 18.1 Å². The fourth-order valence-electron chi connectivity index (χ4n) is 1.15. The second-order valence-corrected chi connectivity index (χ2v) is 4.68. The Kier molecular flexibility index (Phi) is 3.21. The summed E-state index contributed by atoms with van der Waals surface area (Å²) in [6.45, 7) is 1.39. The Labute approximate surface area is 85.5 Å². The van der Waals surface area contributed by atoms with Crippen LogP contribution in [0.25, 0.3) is 0 Å². The van der Waals surface area contributed by atoms with Crippen molar-refractivity contribution < 1.29 is 9.47 Å². The van der Waals surface area contributed by atoms with Crippen LogP contribution in [0.4, 0.5) is 0 Å². The minimum absolute atomic E-state index is 0.159. The van der Waals surface area contributed by atoms with Crippen molar-refractivity contribution in [3.8, 4) is 0 Å². The van der Waals surface area contributed by atoms with Crippen molar-refractivity contribution in [1.29, 1.82) is 0 Å². The molecular weight excluding hydrogens is 206 g/mol. The van der Waals surface area contributed by atoms with Gasteiger partial charge < -0.3 is 9.47 Å². The third-order valence-electron chi connectivity index (χ3n) is 1.69. The predicted molar refractivity (Wildman–Crippen MR) is 54.0 cm³/mol. The molecule has 1 aromatic rings. The molecule has 1 fully saturated rings. The fraction of sp³-hybridized carbons (Fsp3) is 0.625. The third-order valence-corrected chi connectivity index (χ3v) is 3.46. The standard InChI is InChI=1S/C8H11NO2S2/c1-12-5-7-9-4-6(13-7)8-10-2-3-11-8/h4,8H,2-3,5H2,1H3. The average Bonchev–Trinajstić information content (AvgIpc) is 2.70. The normalized spacial score (nSPS) is 18.2. The fourth-order valence-corrected chi connectivity index (χ4v) is 2.77. The summed E-state index contributed by atoms with van der Waals surface area (Å²) in [5, 5.41) is 1.14. The van der Waals surface area contributed by atoms with Gasteiger partial charge in [-0.1, -0.05) is 0 Å². The Morgan fingerprint density at radius 3 is 3.08 bits per heavy atom. The summed E-state index contributed by atoms with van der Waals surface area (Å²) in [5.74, 6) is 0.970. The Hall–Kier alpha value is -0.100. The zero-order valence-corrected chi connectivity index (χ0v) is 8.99. The molecule has 0 bridgehead atoms. The quantitative estimate of drug-likeness (QED) is 0.775. The molecule has 0 amide bonds. The SMILES string of the molecule is CSCc1ncc(C2OCCO2)s1. The zero-order valence-electron chi connectivity index (χ0n) is 7.36. The van der Waals surface area contributed by atoms with Crippen LogP contribution in [-0.4, -0.2) is 24.5 Å². The molecule has 2 rings (SSSR count). The van der Waals surface area contributed by atoms with Crippen LogP contribution in [-0.2, 0) is 15.2 Å². The lowest BCUT2D eigenvalue weighted by molar-refractivity contribution is -0.0414. The molecule has 1 aromatic heterocycles. The smallest absolute Gasteiger partial charge is 0.194 e. The topological polar surface area (TPSA) is 31.4 Å². The largest absolute Gasteiger partial charge is 0.345 e. The van der Waals surface area contributed by atoms with Crippen LogP contribution >= 0.6 is 23.1 Å². The summed E-state index contributed by atoms with van der Waals surface area (Å²) in [6, 6.07) is 0. The highest BCUT2D eigenvalue weighted by molar-refractivity contribution is 7.97. The molecule has 72 valence electrons. The van der Waals surface area contributed by atoms with Crippen molar-refractivity contribution in [2.45, 2.75) is 12.0 Å². The van der Waals surface area contributed by atoms with Crippen molar-refractivity contribution in [2.75, 3.05) is 19.5 Å². The van der Waals surface area contributed by atoms with Crippen LogP contribution in [0.3, 0.4) is 0 Å². The number of aromatic nitrogens is 1. The van der Waals surface area contributed by atoms with E-state index in [0.29, 0.717) is 13.2 Å². The lowest BCUT2D eigenvalue weighted by Gasteiger charge is -2.03. The number of hydrogen-bond donors (Lipinski definition) is 0. The predicted octanol–water partition coefficient (Wildman–Crippen LogP) is 2.05. The molecule has 0 aromatic carbocycles. The summed E-state index contributed by atoms with van der Waals surface area (Å²) in [6.07, 6.45) is 3.77. The van der Waals surface area contributed by atoms with Crippen LogP contribution < -0.4 is 0 Å². The van der Waals surface area contributed by atoms with Crippen molar-refractivity contribution in [2.24, 2.45) is 0 Å². The van der Waals surface area contributed by atoms with Gasteiger partial charge >= 0.3 is 0 Å². The molecule has 0 N–H and O–H groups in total. The molecule has 1 aliphatic rings. The molecule has 0 spiro atoms. The van der Waals surface area contributed by atoms with Crippen LogP contribution in [0.1, 0.15) is 16.2 Å². The van der Waals surface area contributed by atoms with E-state index in [-0.39, 0.29) is 6.29 Å². The van der Waals surface area contributed by atoms with Gasteiger partial charge in [-0.2, -0.15) is 11.8 Å². The lowest BCUT2D eigenvalue weighted by atomic mass is 10.5. The summed E-state index contributed by atoms with van der Waals surface area (Å²) in [7, 11) is 0. The van der Waals surface area contributed by atoms with Gasteiger partial charge in [-0.3, -0.25) is 0 Å². The van der Waals surface area contributed by atoms with Gasteiger partial charge in [-0.05, 0) is 6.26 Å². The number of hydrogen-bond acceptors (Lipinski definition) is 5. The molecule has 0 saturated carbocycles. The number of rotatable bonds is 3. The zero-order chi connectivity index (χ0) is 9.10. The van der Waals surface area contributed by atoms with E-state index >= 15 is 0 Å². The molecule has 2 heterocycles. The number of thiazole rings is 1. The van der Waals surface area contributed by atoms with Crippen molar-refractivity contribution in [3.05, 3.63) is 16.1 Å². The van der Waals surface area contributed by atoms with Gasteiger partial charge in [0.2, 0.25) is 0 Å². The first-order valence-corrected chi connectivity index (χ1v) is 6.28. The Morgan fingerprint density at radius 2 is 2.38 bits per heavy atom. The molecule has 5 heteroatoms. The van der Waals surface area contributed by atoms with E-state index in [0.717, 1.165) is 15.6 Å². The summed E-state index contributed by atoms with van der Waals surface area (Å²) in [5.41, 5.74) is 0. The van der Waals surface area contributed by atoms with Crippen LogP contribution in [0.2, 0.25) is 0 Å². The van der Waals surface area contributed by atoms with Gasteiger partial charge in [0, 0.05) is 11.9 Å². The van der Waals surface area contributed by atoms with Gasteiger partial charge in [0.25, 0.3) is 0 Å². The number of nitrogens with zero attached hydrogens (tertiary/aromatic N) is 1. The second-order valence-electron chi connectivity index (χ2n) is 2.66. The number of thioether (sulfide) groups is 1. The first-order chi connectivity index (χ1) is 6.40. The summed E-state index contributed by atoms with van der Waals surface area (Å²) >= 11 is 3.45. The van der Waals surface area contributed by atoms with E-state index in [4.69, 9.17) is 9.47 Å². The van der Waals surface area contributed by atoms with Crippen LogP contribution in [0.15, 0.2) is 6.20 Å². The van der Waals surface area contributed by atoms with Crippen molar-refractivity contribution in [1.82, 2.24) is 4.98 Å². The highest BCUT2D eigenvalue weighted by Crippen LogP contribution is 2.28. The van der Waals surface area contributed by atoms with E-state index in [1.54, 1.807) is 23.1 Å². The number of ether oxygens (including phenoxy) is 2. The molecule has 1 saturated heterocycles. The Morgan fingerprint density at radius 1 is 1.62 bits per heavy atom. The molecule has 3 nitrogen and oxygen atoms in total. The minimum Gasteiger partial charge on any atom is -0.345 e. The second kappa shape index (κ2) is 4.41. The molecule has 0 radical (unpaired) electrons. The average molecular weight is 217 g/mol. The highest BCUT2D eigenvalue weighted by atomic mass is 32.2. The van der Waals surface area contributed by atoms with Gasteiger partial charge in [-0.15, -0.1) is 11.3 Å². The van der Waals surface area contributed by atoms with Gasteiger partial charge in [0.1, 0.15) is 5.01 Å². The molecule has 13 heavy (non-hydrogen) atoms. The molecule has 0 unspecified atom stereocenters. The monoisotopic (exact) mass is 217 g/mol. The molecular formula is C8H11NO2S2. The minimum atomic E-state index is -0.159. The Balaban J connectivity index is 2.03. The molecule has 1 aliphatic heterocycles. The maximum absolute atomic E-state index is 5.37. The van der Waals surface area contributed by atoms with Crippen molar-refractivity contribution in [3.63, 3.8) is 0 Å². The van der Waals surface area contributed by atoms with E-state index in [2.05, 4.69) is 11.2 Å². The maximum atomic E-state index is 5.37. The van der Waals surface area contributed by atoms with Crippen LogP contribution in [0.5, 0.6) is 0 Å². The van der Waals surface area contributed by atoms with Gasteiger partial charge in [-0.25, -0.2) is 4.98 Å². The molecule has 0 aliphatic carbocycles. The lowest BCUT2D eigenvalue weighted by Crippen LogP contribution is -1.93. The van der Waals surface area contributed by atoms with E-state index in [9.17, 15) is 0 Å². The highest BCUT2D eigenvalue weighted by Gasteiger charge is 2.20. The van der Waals surface area contributed by atoms with Gasteiger partial charge in [0.15, 0.2) is 6.29 Å². The maximum Gasteiger partial charge on any atom is 0.194 e. The molecule has 0 atom stereocenters. The first-order valence-electron chi connectivity index (χ1n) is 4.07. The third kappa shape index (κ3) is 2.22. The Bertz CT molecular complexity index is 271. The summed E-state index contributed by atoms with van der Waals surface area (Å²) in [4.78, 5) is 5.37.